The third kappa shape index (κ3) is 3.35. The van der Waals surface area contributed by atoms with Crippen LogP contribution >= 0.6 is 11.6 Å². The minimum absolute atomic E-state index is 0.00584. The molecule has 1 aliphatic carbocycles. The monoisotopic (exact) mass is 371 g/mol. The molecule has 4 rings (SSSR count). The molecule has 1 saturated heterocycles. The number of aromatic nitrogens is 2. The number of hydrogen-bond acceptors (Lipinski definition) is 4. The highest BCUT2D eigenvalue weighted by Crippen LogP contribution is 2.32. The van der Waals surface area contributed by atoms with Crippen molar-refractivity contribution >= 4 is 29.4 Å². The van der Waals surface area contributed by atoms with Gasteiger partial charge >= 0.3 is 6.03 Å². The van der Waals surface area contributed by atoms with Crippen molar-refractivity contribution in [3.05, 3.63) is 52.9 Å². The van der Waals surface area contributed by atoms with E-state index in [2.05, 4.69) is 15.3 Å². The molecule has 0 bridgehead atoms. The molecule has 3 heterocycles. The van der Waals surface area contributed by atoms with Crippen LogP contribution in [0.25, 0.3) is 0 Å². The van der Waals surface area contributed by atoms with Crippen LogP contribution in [-0.4, -0.2) is 45.9 Å². The zero-order chi connectivity index (χ0) is 18.1. The number of nitrogens with one attached hydrogen (secondary N) is 1. The van der Waals surface area contributed by atoms with Gasteiger partial charge < -0.3 is 10.2 Å². The van der Waals surface area contributed by atoms with Crippen LogP contribution in [0.15, 0.2) is 36.8 Å². The molecule has 134 valence electrons. The predicted octanol–water partition coefficient (Wildman–Crippen LogP) is 2.46. The number of carbonyl (C=O) groups is 2. The van der Waals surface area contributed by atoms with E-state index >= 15 is 0 Å². The average molecular weight is 372 g/mol. The van der Waals surface area contributed by atoms with Crippen molar-refractivity contribution in [2.75, 3.05) is 18.0 Å². The van der Waals surface area contributed by atoms with Crippen LogP contribution in [0, 0.1) is 0 Å². The first-order chi connectivity index (χ1) is 12.6. The molecule has 2 aromatic heterocycles. The maximum atomic E-state index is 12.5. The molecule has 1 N–H and O–H groups in total. The van der Waals surface area contributed by atoms with Crippen LogP contribution < -0.4 is 10.2 Å². The summed E-state index contributed by atoms with van der Waals surface area (Å²) in [5.41, 5.74) is 1.18. The molecule has 2 aliphatic rings. The Bertz CT molecular complexity index is 841. The lowest BCUT2D eigenvalue weighted by Gasteiger charge is -2.18. The minimum atomic E-state index is -0.229. The predicted molar refractivity (Wildman–Crippen MR) is 97.1 cm³/mol. The van der Waals surface area contributed by atoms with Gasteiger partial charge in [-0.2, -0.15) is 0 Å². The summed E-state index contributed by atoms with van der Waals surface area (Å²) in [5.74, 6) is 0.318. The lowest BCUT2D eigenvalue weighted by atomic mass is 10.2. The van der Waals surface area contributed by atoms with Crippen LogP contribution in [-0.2, 0) is 6.54 Å². The Morgan fingerprint density at radius 1 is 1.31 bits per heavy atom. The molecule has 2 fully saturated rings. The van der Waals surface area contributed by atoms with Gasteiger partial charge in [-0.05, 0) is 25.0 Å². The van der Waals surface area contributed by atoms with Crippen molar-refractivity contribution < 1.29 is 9.59 Å². The number of nitrogens with zero attached hydrogens (tertiary/aromatic N) is 4. The maximum absolute atomic E-state index is 12.5. The summed E-state index contributed by atoms with van der Waals surface area (Å²) in [6.07, 6.45) is 6.89. The Morgan fingerprint density at radius 3 is 2.85 bits per heavy atom. The zero-order valence-corrected chi connectivity index (χ0v) is 14.8. The van der Waals surface area contributed by atoms with E-state index < -0.39 is 0 Å². The van der Waals surface area contributed by atoms with Gasteiger partial charge in [0, 0.05) is 55.9 Å². The molecule has 2 aromatic rings. The number of hydrogen-bond donors (Lipinski definition) is 1. The maximum Gasteiger partial charge on any atom is 0.326 e. The normalized spacial score (nSPS) is 16.9. The van der Waals surface area contributed by atoms with Crippen molar-refractivity contribution in [1.29, 1.82) is 0 Å². The SMILES string of the molecule is O=C(NCc1cnc(N2CCN(C3CC3)C2=O)cc1Cl)c1cccnc1. The summed E-state index contributed by atoms with van der Waals surface area (Å²) in [5, 5.41) is 3.26. The van der Waals surface area contributed by atoms with E-state index in [1.165, 1.54) is 6.20 Å². The van der Waals surface area contributed by atoms with Crippen molar-refractivity contribution in [3.63, 3.8) is 0 Å². The molecule has 26 heavy (non-hydrogen) atoms. The Morgan fingerprint density at radius 2 is 2.15 bits per heavy atom. The van der Waals surface area contributed by atoms with Crippen LogP contribution in [0.4, 0.5) is 10.6 Å². The molecule has 1 saturated carbocycles. The quantitative estimate of drug-likeness (QED) is 0.875. The second kappa shape index (κ2) is 6.92. The molecule has 7 nitrogen and oxygen atoms in total. The van der Waals surface area contributed by atoms with E-state index in [4.69, 9.17) is 11.6 Å². The highest BCUT2D eigenvalue weighted by Gasteiger charge is 2.39. The Hall–Kier alpha value is -2.67. The lowest BCUT2D eigenvalue weighted by Crippen LogP contribution is -2.33. The first-order valence-electron chi connectivity index (χ1n) is 8.54. The molecule has 1 aliphatic heterocycles. The molecule has 0 unspecified atom stereocenters. The first-order valence-corrected chi connectivity index (χ1v) is 8.92. The molecule has 0 spiro atoms. The number of pyridine rings is 2. The Balaban J connectivity index is 1.41. The topological polar surface area (TPSA) is 78.4 Å². The van der Waals surface area contributed by atoms with E-state index in [9.17, 15) is 9.59 Å². The van der Waals surface area contributed by atoms with E-state index in [1.807, 2.05) is 4.90 Å². The first kappa shape index (κ1) is 16.8. The molecule has 8 heteroatoms. The fourth-order valence-corrected chi connectivity index (χ4v) is 3.21. The standard InChI is InChI=1S/C18H18ClN5O2/c19-15-8-16(24-7-6-23(18(24)26)14-3-4-14)21-10-13(15)11-22-17(25)12-2-1-5-20-9-12/h1-2,5,8-10,14H,3-4,6-7,11H2,(H,22,25). The number of carbonyl (C=O) groups excluding carboxylic acids is 2. The van der Waals surface area contributed by atoms with Gasteiger partial charge in [0.1, 0.15) is 5.82 Å². The highest BCUT2D eigenvalue weighted by molar-refractivity contribution is 6.31. The van der Waals surface area contributed by atoms with Gasteiger partial charge in [0.05, 0.1) is 10.6 Å². The van der Waals surface area contributed by atoms with Gasteiger partial charge in [-0.15, -0.1) is 0 Å². The van der Waals surface area contributed by atoms with Crippen LogP contribution in [0.3, 0.4) is 0 Å². The van der Waals surface area contributed by atoms with Gasteiger partial charge in [0.25, 0.3) is 5.91 Å². The summed E-state index contributed by atoms with van der Waals surface area (Å²) < 4.78 is 0. The largest absolute Gasteiger partial charge is 0.348 e. The van der Waals surface area contributed by atoms with Crippen LogP contribution in [0.2, 0.25) is 5.02 Å². The van der Waals surface area contributed by atoms with Crippen molar-refractivity contribution in [2.45, 2.75) is 25.4 Å². The smallest absolute Gasteiger partial charge is 0.326 e. The third-order valence-electron chi connectivity index (χ3n) is 4.58. The number of halogens is 1. The summed E-state index contributed by atoms with van der Waals surface area (Å²) in [6, 6.07) is 5.46. The fraction of sp³-hybridized carbons (Fsp3) is 0.333. The summed E-state index contributed by atoms with van der Waals surface area (Å²) in [7, 11) is 0. The van der Waals surface area contributed by atoms with Gasteiger partial charge in [0.15, 0.2) is 0 Å². The second-order valence-electron chi connectivity index (χ2n) is 6.42. The Labute approximate surface area is 156 Å². The van der Waals surface area contributed by atoms with Crippen molar-refractivity contribution in [1.82, 2.24) is 20.2 Å². The molecule has 0 radical (unpaired) electrons. The van der Waals surface area contributed by atoms with Gasteiger partial charge in [-0.25, -0.2) is 9.78 Å². The van der Waals surface area contributed by atoms with E-state index in [1.54, 1.807) is 35.5 Å². The number of rotatable bonds is 5. The zero-order valence-electron chi connectivity index (χ0n) is 14.1. The van der Waals surface area contributed by atoms with Crippen LogP contribution in [0.1, 0.15) is 28.8 Å². The number of urea groups is 1. The molecule has 0 aromatic carbocycles. The van der Waals surface area contributed by atoms with Crippen molar-refractivity contribution in [3.8, 4) is 0 Å². The summed E-state index contributed by atoms with van der Waals surface area (Å²) in [6.45, 7) is 1.60. The molecular weight excluding hydrogens is 354 g/mol. The van der Waals surface area contributed by atoms with Gasteiger partial charge in [0.2, 0.25) is 0 Å². The number of amides is 3. The van der Waals surface area contributed by atoms with E-state index in [0.29, 0.717) is 34.6 Å². The van der Waals surface area contributed by atoms with Crippen LogP contribution in [0.5, 0.6) is 0 Å². The highest BCUT2D eigenvalue weighted by atomic mass is 35.5. The lowest BCUT2D eigenvalue weighted by molar-refractivity contribution is 0.0950. The second-order valence-corrected chi connectivity index (χ2v) is 6.82. The molecular formula is C18H18ClN5O2. The summed E-state index contributed by atoms with van der Waals surface area (Å²) in [4.78, 5) is 36.4. The minimum Gasteiger partial charge on any atom is -0.348 e. The van der Waals surface area contributed by atoms with Gasteiger partial charge in [-0.3, -0.25) is 14.7 Å². The number of anilines is 1. The summed E-state index contributed by atoms with van der Waals surface area (Å²) >= 11 is 6.34. The van der Waals surface area contributed by atoms with Crippen molar-refractivity contribution in [2.24, 2.45) is 0 Å². The average Bonchev–Trinajstić information content (AvgIpc) is 3.43. The van der Waals surface area contributed by atoms with E-state index in [-0.39, 0.29) is 18.5 Å². The van der Waals surface area contributed by atoms with Gasteiger partial charge in [-0.1, -0.05) is 11.6 Å². The molecule has 0 atom stereocenters. The van der Waals surface area contributed by atoms with E-state index in [0.717, 1.165) is 19.4 Å². The molecule has 3 amide bonds. The fourth-order valence-electron chi connectivity index (χ4n) is 2.99. The Kier molecular flexibility index (Phi) is 4.46. The third-order valence-corrected chi connectivity index (χ3v) is 4.94.